The minimum absolute atomic E-state index is 0.0874. The molecular formula is C10H9N5O3S. The fraction of sp³-hybridized carbons (Fsp3) is 0. The summed E-state index contributed by atoms with van der Waals surface area (Å²) in [6.45, 7) is 0. The molecule has 0 unspecified atom stereocenters. The maximum Gasteiger partial charge on any atom is 0.282 e. The van der Waals surface area contributed by atoms with Crippen molar-refractivity contribution in [1.82, 2.24) is 4.98 Å². The van der Waals surface area contributed by atoms with Crippen LogP contribution in [0.25, 0.3) is 0 Å². The smallest absolute Gasteiger partial charge is 0.282 e. The molecule has 0 saturated heterocycles. The predicted octanol–water partition coefficient (Wildman–Crippen LogP) is 1.59. The highest BCUT2D eigenvalue weighted by Gasteiger charge is 2.21. The molecule has 1 aromatic carbocycles. The summed E-state index contributed by atoms with van der Waals surface area (Å²) in [5.41, 5.74) is 2.34. The molecule has 2 aromatic rings. The average molecular weight is 279 g/mol. The lowest BCUT2D eigenvalue weighted by molar-refractivity contribution is -0.385. The number of nitrogens with zero attached hydrogens (tertiary/aromatic N) is 2. The highest BCUT2D eigenvalue weighted by atomic mass is 32.1. The van der Waals surface area contributed by atoms with Crippen LogP contribution in [0.4, 0.5) is 16.5 Å². The van der Waals surface area contributed by atoms with E-state index in [1.165, 1.54) is 35.7 Å². The highest BCUT2D eigenvalue weighted by Crippen LogP contribution is 2.23. The summed E-state index contributed by atoms with van der Waals surface area (Å²) >= 11 is 1.22. The third-order valence-electron chi connectivity index (χ3n) is 2.26. The van der Waals surface area contributed by atoms with Gasteiger partial charge >= 0.3 is 0 Å². The largest absolute Gasteiger partial charge is 0.324 e. The maximum absolute atomic E-state index is 12.0. The van der Waals surface area contributed by atoms with Crippen molar-refractivity contribution in [3.05, 3.63) is 45.5 Å². The molecule has 9 heteroatoms. The molecule has 1 heterocycles. The van der Waals surface area contributed by atoms with Crippen LogP contribution < -0.4 is 16.6 Å². The van der Waals surface area contributed by atoms with Crippen molar-refractivity contribution < 1.29 is 9.72 Å². The number of aromatic nitrogens is 1. The van der Waals surface area contributed by atoms with Crippen molar-refractivity contribution in [3.63, 3.8) is 0 Å². The van der Waals surface area contributed by atoms with Gasteiger partial charge < -0.3 is 5.43 Å². The van der Waals surface area contributed by atoms with E-state index in [-0.39, 0.29) is 11.3 Å². The molecule has 19 heavy (non-hydrogen) atoms. The number of hydrazine groups is 1. The number of anilines is 2. The zero-order valence-electron chi connectivity index (χ0n) is 9.49. The molecule has 0 bridgehead atoms. The lowest BCUT2D eigenvalue weighted by Crippen LogP contribution is -2.15. The molecule has 0 aliphatic carbocycles. The molecule has 2 rings (SSSR count). The first-order chi connectivity index (χ1) is 9.11. The van der Waals surface area contributed by atoms with Crippen molar-refractivity contribution >= 4 is 33.8 Å². The van der Waals surface area contributed by atoms with Gasteiger partial charge in [0, 0.05) is 23.3 Å². The molecule has 0 aliphatic heterocycles. The van der Waals surface area contributed by atoms with Gasteiger partial charge in [-0.2, -0.15) is 0 Å². The molecule has 1 amide bonds. The van der Waals surface area contributed by atoms with Gasteiger partial charge in [0.25, 0.3) is 11.6 Å². The number of nitrogens with two attached hydrogens (primary N) is 1. The molecule has 4 N–H and O–H groups in total. The first-order valence-corrected chi connectivity index (χ1v) is 5.95. The van der Waals surface area contributed by atoms with Crippen molar-refractivity contribution in [2.75, 3.05) is 10.7 Å². The zero-order valence-corrected chi connectivity index (χ0v) is 10.3. The number of nitro benzene ring substituents is 1. The van der Waals surface area contributed by atoms with Crippen LogP contribution in [0, 0.1) is 10.1 Å². The summed E-state index contributed by atoms with van der Waals surface area (Å²) in [5.74, 6) is 4.61. The molecule has 8 nitrogen and oxygen atoms in total. The topological polar surface area (TPSA) is 123 Å². The van der Waals surface area contributed by atoms with Gasteiger partial charge in [0.15, 0.2) is 5.13 Å². The van der Waals surface area contributed by atoms with E-state index in [1.807, 2.05) is 0 Å². The van der Waals surface area contributed by atoms with Crippen LogP contribution in [0.2, 0.25) is 0 Å². The first kappa shape index (κ1) is 12.9. The van der Waals surface area contributed by atoms with Crippen molar-refractivity contribution in [2.45, 2.75) is 0 Å². The SMILES string of the molecule is NNc1ccc([N+](=O)[O-])c(C(=O)Nc2nccs2)c1. The van der Waals surface area contributed by atoms with Gasteiger partial charge in [0.1, 0.15) is 5.56 Å². The molecule has 0 aliphatic rings. The van der Waals surface area contributed by atoms with E-state index in [1.54, 1.807) is 5.38 Å². The number of nitro groups is 1. The average Bonchev–Trinajstić information content (AvgIpc) is 2.90. The number of carbonyl (C=O) groups excluding carboxylic acids is 1. The Bertz CT molecular complexity index is 614. The van der Waals surface area contributed by atoms with Crippen LogP contribution >= 0.6 is 11.3 Å². The summed E-state index contributed by atoms with van der Waals surface area (Å²) in [4.78, 5) is 26.1. The standard InChI is InChI=1S/C10H9N5O3S/c11-14-6-1-2-8(15(17)18)7(5-6)9(16)13-10-12-3-4-19-10/h1-5,14H,11H2,(H,12,13,16). The van der Waals surface area contributed by atoms with Gasteiger partial charge in [-0.25, -0.2) is 4.98 Å². The highest BCUT2D eigenvalue weighted by molar-refractivity contribution is 7.13. The van der Waals surface area contributed by atoms with Gasteiger partial charge in [0.2, 0.25) is 0 Å². The quantitative estimate of drug-likeness (QED) is 0.443. The minimum Gasteiger partial charge on any atom is -0.324 e. The molecule has 98 valence electrons. The number of benzene rings is 1. The molecule has 0 saturated carbocycles. The summed E-state index contributed by atoms with van der Waals surface area (Å²) in [6.07, 6.45) is 1.52. The lowest BCUT2D eigenvalue weighted by Gasteiger charge is -2.05. The maximum atomic E-state index is 12.0. The van der Waals surface area contributed by atoms with Crippen LogP contribution in [0.1, 0.15) is 10.4 Å². The molecule has 0 radical (unpaired) electrons. The van der Waals surface area contributed by atoms with Crippen LogP contribution in [0.3, 0.4) is 0 Å². The Kier molecular flexibility index (Phi) is 3.68. The summed E-state index contributed by atoms with van der Waals surface area (Å²) < 4.78 is 0. The number of carbonyl (C=O) groups is 1. The molecule has 0 fully saturated rings. The molecular weight excluding hydrogens is 270 g/mol. The number of rotatable bonds is 4. The van der Waals surface area contributed by atoms with E-state index in [2.05, 4.69) is 15.7 Å². The Hall–Kier alpha value is -2.52. The number of hydrogen-bond acceptors (Lipinski definition) is 7. The third-order valence-corrected chi connectivity index (χ3v) is 2.95. The van der Waals surface area contributed by atoms with E-state index in [0.29, 0.717) is 10.8 Å². The Morgan fingerprint density at radius 1 is 1.47 bits per heavy atom. The van der Waals surface area contributed by atoms with Crippen LogP contribution in [0.15, 0.2) is 29.8 Å². The Morgan fingerprint density at radius 3 is 2.84 bits per heavy atom. The number of nitrogens with one attached hydrogen (secondary N) is 2. The minimum atomic E-state index is -0.628. The van der Waals surface area contributed by atoms with Gasteiger partial charge in [-0.1, -0.05) is 0 Å². The Morgan fingerprint density at radius 2 is 2.26 bits per heavy atom. The monoisotopic (exact) mass is 279 g/mol. The van der Waals surface area contributed by atoms with E-state index >= 15 is 0 Å². The van der Waals surface area contributed by atoms with Crippen LogP contribution in [0.5, 0.6) is 0 Å². The Labute approximate surface area is 111 Å². The van der Waals surface area contributed by atoms with E-state index in [0.717, 1.165) is 0 Å². The number of hydrogen-bond donors (Lipinski definition) is 3. The van der Waals surface area contributed by atoms with Gasteiger partial charge in [-0.3, -0.25) is 26.1 Å². The fourth-order valence-corrected chi connectivity index (χ4v) is 1.94. The second-order valence-electron chi connectivity index (χ2n) is 3.42. The second kappa shape index (κ2) is 5.42. The zero-order chi connectivity index (χ0) is 13.8. The van der Waals surface area contributed by atoms with E-state index in [4.69, 9.17) is 5.84 Å². The van der Waals surface area contributed by atoms with Gasteiger partial charge in [-0.15, -0.1) is 11.3 Å². The van der Waals surface area contributed by atoms with E-state index in [9.17, 15) is 14.9 Å². The number of amides is 1. The lowest BCUT2D eigenvalue weighted by atomic mass is 10.1. The molecule has 0 atom stereocenters. The predicted molar refractivity (Wildman–Crippen MR) is 71.0 cm³/mol. The molecule has 1 aromatic heterocycles. The second-order valence-corrected chi connectivity index (χ2v) is 4.32. The van der Waals surface area contributed by atoms with Crippen molar-refractivity contribution in [1.29, 1.82) is 0 Å². The van der Waals surface area contributed by atoms with Gasteiger partial charge in [0.05, 0.1) is 4.92 Å². The normalized spacial score (nSPS) is 9.95. The summed E-state index contributed by atoms with van der Waals surface area (Å²) in [7, 11) is 0. The summed E-state index contributed by atoms with van der Waals surface area (Å²) in [5, 5.41) is 15.4. The van der Waals surface area contributed by atoms with Crippen LogP contribution in [-0.2, 0) is 0 Å². The fourth-order valence-electron chi connectivity index (χ4n) is 1.42. The van der Waals surface area contributed by atoms with Crippen molar-refractivity contribution in [2.24, 2.45) is 5.84 Å². The summed E-state index contributed by atoms with van der Waals surface area (Å²) in [6, 6.07) is 3.94. The van der Waals surface area contributed by atoms with Gasteiger partial charge in [-0.05, 0) is 12.1 Å². The van der Waals surface area contributed by atoms with Crippen LogP contribution in [-0.4, -0.2) is 15.8 Å². The number of nitrogen functional groups attached to an aromatic ring is 1. The third kappa shape index (κ3) is 2.84. The molecule has 0 spiro atoms. The Balaban J connectivity index is 2.35. The van der Waals surface area contributed by atoms with E-state index < -0.39 is 10.8 Å². The number of thiazole rings is 1. The van der Waals surface area contributed by atoms with Crippen molar-refractivity contribution in [3.8, 4) is 0 Å². The first-order valence-electron chi connectivity index (χ1n) is 5.07.